The fourth-order valence-corrected chi connectivity index (χ4v) is 2.39. The van der Waals surface area contributed by atoms with Crippen LogP contribution in [0.5, 0.6) is 5.75 Å². The summed E-state index contributed by atoms with van der Waals surface area (Å²) in [5.41, 5.74) is 3.34. The highest BCUT2D eigenvalue weighted by molar-refractivity contribution is 5.90. The molecule has 0 radical (unpaired) electrons. The van der Waals surface area contributed by atoms with Crippen molar-refractivity contribution >= 4 is 11.7 Å². The standard InChI is InChI=1S/C18H19F3N2O2/c1-12-7-8-14(13(2)11-12)9-10-22-17(24)23-15-5-3-4-6-16(15)25-18(19,20)21/h3-8,11H,9-10H2,1-2H3,(H2,22,23,24). The average Bonchev–Trinajstić information content (AvgIpc) is 2.50. The zero-order chi connectivity index (χ0) is 18.4. The Bertz CT molecular complexity index is 745. The molecule has 134 valence electrons. The number of carbonyl (C=O) groups is 1. The van der Waals surface area contributed by atoms with E-state index in [9.17, 15) is 18.0 Å². The highest BCUT2D eigenvalue weighted by Gasteiger charge is 2.32. The summed E-state index contributed by atoms with van der Waals surface area (Å²) in [6.07, 6.45) is -4.20. The van der Waals surface area contributed by atoms with Gasteiger partial charge in [0.25, 0.3) is 0 Å². The molecule has 0 saturated carbocycles. The summed E-state index contributed by atoms with van der Waals surface area (Å²) in [4.78, 5) is 11.9. The molecule has 2 aromatic rings. The summed E-state index contributed by atoms with van der Waals surface area (Å²) in [6, 6.07) is 10.8. The lowest BCUT2D eigenvalue weighted by Gasteiger charge is -2.14. The zero-order valence-electron chi connectivity index (χ0n) is 13.9. The van der Waals surface area contributed by atoms with Gasteiger partial charge in [0.2, 0.25) is 0 Å². The first-order chi connectivity index (χ1) is 11.7. The first kappa shape index (κ1) is 18.6. The van der Waals surface area contributed by atoms with Crippen molar-refractivity contribution in [3.8, 4) is 5.75 Å². The molecule has 0 unspecified atom stereocenters. The second-order valence-corrected chi connectivity index (χ2v) is 5.60. The van der Waals surface area contributed by atoms with Gasteiger partial charge in [-0.2, -0.15) is 0 Å². The Morgan fingerprint density at radius 2 is 1.84 bits per heavy atom. The summed E-state index contributed by atoms with van der Waals surface area (Å²) in [5, 5.41) is 4.99. The van der Waals surface area contributed by atoms with Crippen LogP contribution in [-0.2, 0) is 6.42 Å². The Hall–Kier alpha value is -2.70. The quantitative estimate of drug-likeness (QED) is 0.828. The topological polar surface area (TPSA) is 50.4 Å². The Kier molecular flexibility index (Phi) is 5.90. The molecule has 0 aliphatic carbocycles. The van der Waals surface area contributed by atoms with E-state index in [1.54, 1.807) is 0 Å². The number of halogens is 3. The Morgan fingerprint density at radius 1 is 1.12 bits per heavy atom. The Balaban J connectivity index is 1.90. The fourth-order valence-electron chi connectivity index (χ4n) is 2.39. The SMILES string of the molecule is Cc1ccc(CCNC(=O)Nc2ccccc2OC(F)(F)F)c(C)c1. The van der Waals surface area contributed by atoms with Crippen LogP contribution in [-0.4, -0.2) is 18.9 Å². The third kappa shape index (κ3) is 6.02. The van der Waals surface area contributed by atoms with Gasteiger partial charge in [-0.3, -0.25) is 0 Å². The van der Waals surface area contributed by atoms with Crippen molar-refractivity contribution < 1.29 is 22.7 Å². The van der Waals surface area contributed by atoms with Crippen LogP contribution in [0.1, 0.15) is 16.7 Å². The molecule has 0 heterocycles. The third-order valence-electron chi connectivity index (χ3n) is 3.54. The molecule has 0 fully saturated rings. The normalized spacial score (nSPS) is 11.1. The minimum absolute atomic E-state index is 0.0520. The molecule has 2 aromatic carbocycles. The first-order valence-electron chi connectivity index (χ1n) is 7.70. The molecule has 2 amide bonds. The van der Waals surface area contributed by atoms with Crippen molar-refractivity contribution in [2.45, 2.75) is 26.6 Å². The highest BCUT2D eigenvalue weighted by atomic mass is 19.4. The maximum Gasteiger partial charge on any atom is 0.573 e. The number of nitrogens with one attached hydrogen (secondary N) is 2. The number of ether oxygens (including phenoxy) is 1. The molecule has 0 aromatic heterocycles. The van der Waals surface area contributed by atoms with Crippen molar-refractivity contribution in [3.63, 3.8) is 0 Å². The van der Waals surface area contributed by atoms with Crippen LogP contribution in [0.3, 0.4) is 0 Å². The van der Waals surface area contributed by atoms with Gasteiger partial charge in [-0.25, -0.2) is 4.79 Å². The predicted octanol–water partition coefficient (Wildman–Crippen LogP) is 4.57. The number of benzene rings is 2. The van der Waals surface area contributed by atoms with Crippen molar-refractivity contribution in [1.29, 1.82) is 0 Å². The maximum absolute atomic E-state index is 12.4. The van der Waals surface area contributed by atoms with Gasteiger partial charge in [0.05, 0.1) is 5.69 Å². The highest BCUT2D eigenvalue weighted by Crippen LogP contribution is 2.29. The summed E-state index contributed by atoms with van der Waals surface area (Å²) in [7, 11) is 0. The molecule has 0 spiro atoms. The minimum Gasteiger partial charge on any atom is -0.404 e. The fraction of sp³-hybridized carbons (Fsp3) is 0.278. The molecule has 2 N–H and O–H groups in total. The third-order valence-corrected chi connectivity index (χ3v) is 3.54. The lowest BCUT2D eigenvalue weighted by molar-refractivity contribution is -0.274. The molecule has 0 bridgehead atoms. The van der Waals surface area contributed by atoms with Gasteiger partial charge in [-0.05, 0) is 43.5 Å². The van der Waals surface area contributed by atoms with Crippen molar-refractivity contribution in [1.82, 2.24) is 5.32 Å². The largest absolute Gasteiger partial charge is 0.573 e. The zero-order valence-corrected chi connectivity index (χ0v) is 13.9. The van der Waals surface area contributed by atoms with Crippen LogP contribution >= 0.6 is 0 Å². The molecule has 0 aliphatic heterocycles. The minimum atomic E-state index is -4.82. The average molecular weight is 352 g/mol. The Morgan fingerprint density at radius 3 is 2.52 bits per heavy atom. The summed E-state index contributed by atoms with van der Waals surface area (Å²) in [5.74, 6) is -0.459. The van der Waals surface area contributed by atoms with Crippen molar-refractivity contribution in [3.05, 3.63) is 59.2 Å². The van der Waals surface area contributed by atoms with E-state index in [2.05, 4.69) is 21.4 Å². The summed E-state index contributed by atoms with van der Waals surface area (Å²) >= 11 is 0. The van der Waals surface area contributed by atoms with E-state index in [4.69, 9.17) is 0 Å². The smallest absolute Gasteiger partial charge is 0.404 e. The van der Waals surface area contributed by atoms with E-state index in [0.29, 0.717) is 13.0 Å². The molecular formula is C18H19F3N2O2. The van der Waals surface area contributed by atoms with E-state index < -0.39 is 18.1 Å². The maximum atomic E-state index is 12.4. The van der Waals surface area contributed by atoms with Gasteiger partial charge in [-0.1, -0.05) is 35.9 Å². The molecule has 0 atom stereocenters. The van der Waals surface area contributed by atoms with Crippen LogP contribution < -0.4 is 15.4 Å². The molecule has 0 aliphatic rings. The number of amides is 2. The van der Waals surface area contributed by atoms with E-state index in [1.807, 2.05) is 26.0 Å². The second kappa shape index (κ2) is 7.92. The summed E-state index contributed by atoms with van der Waals surface area (Å²) < 4.78 is 41.0. The number of alkyl halides is 3. The number of aryl methyl sites for hydroxylation is 2. The number of anilines is 1. The molecule has 25 heavy (non-hydrogen) atoms. The number of carbonyl (C=O) groups excluding carboxylic acids is 1. The van der Waals surface area contributed by atoms with E-state index in [0.717, 1.165) is 22.8 Å². The van der Waals surface area contributed by atoms with Crippen molar-refractivity contribution in [2.75, 3.05) is 11.9 Å². The second-order valence-electron chi connectivity index (χ2n) is 5.60. The number of rotatable bonds is 5. The van der Waals surface area contributed by atoms with Crippen molar-refractivity contribution in [2.24, 2.45) is 0 Å². The van der Waals surface area contributed by atoms with Gasteiger partial charge >= 0.3 is 12.4 Å². The number of urea groups is 1. The van der Waals surface area contributed by atoms with Crippen LogP contribution in [0.25, 0.3) is 0 Å². The molecule has 0 saturated heterocycles. The number of hydrogen-bond acceptors (Lipinski definition) is 2. The van der Waals surface area contributed by atoms with Gasteiger partial charge in [-0.15, -0.1) is 13.2 Å². The molecular weight excluding hydrogens is 333 g/mol. The first-order valence-corrected chi connectivity index (χ1v) is 7.70. The van der Waals surface area contributed by atoms with Gasteiger partial charge in [0.15, 0.2) is 5.75 Å². The van der Waals surface area contributed by atoms with Crippen LogP contribution in [0.15, 0.2) is 42.5 Å². The van der Waals surface area contributed by atoms with Gasteiger partial charge in [0, 0.05) is 6.54 Å². The monoisotopic (exact) mass is 352 g/mol. The van der Waals surface area contributed by atoms with E-state index >= 15 is 0 Å². The van der Waals surface area contributed by atoms with Gasteiger partial charge in [0.1, 0.15) is 0 Å². The molecule has 7 heteroatoms. The van der Waals surface area contributed by atoms with Crippen LogP contribution in [0, 0.1) is 13.8 Å². The van der Waals surface area contributed by atoms with E-state index in [1.165, 1.54) is 18.2 Å². The van der Waals surface area contributed by atoms with Crippen LogP contribution in [0.4, 0.5) is 23.7 Å². The number of hydrogen-bond donors (Lipinski definition) is 2. The summed E-state index contributed by atoms with van der Waals surface area (Å²) in [6.45, 7) is 4.36. The molecule has 4 nitrogen and oxygen atoms in total. The van der Waals surface area contributed by atoms with E-state index in [-0.39, 0.29) is 5.69 Å². The lowest BCUT2D eigenvalue weighted by atomic mass is 10.0. The lowest BCUT2D eigenvalue weighted by Crippen LogP contribution is -2.31. The van der Waals surface area contributed by atoms with Gasteiger partial charge < -0.3 is 15.4 Å². The van der Waals surface area contributed by atoms with Crippen LogP contribution in [0.2, 0.25) is 0 Å². The predicted molar refractivity (Wildman–Crippen MR) is 89.8 cm³/mol. The molecule has 2 rings (SSSR count). The Labute approximate surface area is 144 Å². The number of para-hydroxylation sites is 2.